The minimum atomic E-state index is -3.79. The molecule has 0 fully saturated rings. The molecule has 1 rings (SSSR count). The SMILES string of the molecule is Cc1cc(C)[nH]n1.[O]=[Cr](=[O])=[O]. The summed E-state index contributed by atoms with van der Waals surface area (Å²) in [5.41, 5.74) is 2.18. The molecule has 0 amide bonds. The zero-order valence-electron chi connectivity index (χ0n) is 6.16. The van der Waals surface area contributed by atoms with Gasteiger partial charge in [0, 0.05) is 5.69 Å². The zero-order chi connectivity index (χ0) is 8.85. The average molecular weight is 196 g/mol. The predicted octanol–water partition coefficient (Wildman–Crippen LogP) is 0.668. The maximum absolute atomic E-state index is 8.54. The van der Waals surface area contributed by atoms with Crippen molar-refractivity contribution in [3.63, 3.8) is 0 Å². The minimum absolute atomic E-state index is 1.05. The molecule has 0 saturated carbocycles. The van der Waals surface area contributed by atoms with Crippen LogP contribution in [-0.4, -0.2) is 10.2 Å². The third-order valence-corrected chi connectivity index (χ3v) is 0.834. The van der Waals surface area contributed by atoms with Gasteiger partial charge in [0.05, 0.1) is 5.69 Å². The first kappa shape index (κ1) is 10.1. The van der Waals surface area contributed by atoms with Crippen LogP contribution in [-0.2, 0) is 25.4 Å². The summed E-state index contributed by atoms with van der Waals surface area (Å²) in [4.78, 5) is 0. The van der Waals surface area contributed by atoms with Crippen molar-refractivity contribution < 1.29 is 25.4 Å². The zero-order valence-corrected chi connectivity index (χ0v) is 7.43. The Balaban J connectivity index is 0.000000218. The fraction of sp³-hybridized carbons (Fsp3) is 0.400. The normalized spacial score (nSPS) is 8.18. The molecule has 11 heavy (non-hydrogen) atoms. The van der Waals surface area contributed by atoms with Crippen LogP contribution in [0.3, 0.4) is 0 Å². The monoisotopic (exact) mass is 196 g/mol. The predicted molar refractivity (Wildman–Crippen MR) is 30.1 cm³/mol. The molecule has 1 aromatic rings. The molecule has 1 heterocycles. The molecule has 0 atom stereocenters. The Hall–Kier alpha value is -0.858. The van der Waals surface area contributed by atoms with E-state index in [0.29, 0.717) is 0 Å². The standard InChI is InChI=1S/C5H8N2.Cr.3O/c1-4-3-5(2)7-6-4;;;;/h3H,1-2H3,(H,6,7);;;;. The second-order valence-electron chi connectivity index (χ2n) is 1.90. The Kier molecular flexibility index (Phi) is 4.50. The van der Waals surface area contributed by atoms with Gasteiger partial charge in [0.15, 0.2) is 0 Å². The first-order chi connectivity index (χ1) is 5.02. The van der Waals surface area contributed by atoms with Crippen LogP contribution in [0, 0.1) is 13.8 Å². The first-order valence-electron chi connectivity index (χ1n) is 2.77. The summed E-state index contributed by atoms with van der Waals surface area (Å²) in [6, 6.07) is 2.00. The van der Waals surface area contributed by atoms with Crippen LogP contribution in [0.1, 0.15) is 11.4 Å². The second kappa shape index (κ2) is 4.88. The van der Waals surface area contributed by atoms with Gasteiger partial charge in [-0.1, -0.05) is 0 Å². The van der Waals surface area contributed by atoms with Crippen molar-refractivity contribution in [1.29, 1.82) is 0 Å². The molecular weight excluding hydrogens is 188 g/mol. The number of hydrogen-bond acceptors (Lipinski definition) is 4. The summed E-state index contributed by atoms with van der Waals surface area (Å²) in [5.74, 6) is 0. The van der Waals surface area contributed by atoms with E-state index in [0.717, 1.165) is 11.4 Å². The van der Waals surface area contributed by atoms with Crippen molar-refractivity contribution in [1.82, 2.24) is 10.2 Å². The van der Waals surface area contributed by atoms with Gasteiger partial charge >= 0.3 is 25.4 Å². The Labute approximate surface area is 67.4 Å². The summed E-state index contributed by atoms with van der Waals surface area (Å²) >= 11 is -3.79. The van der Waals surface area contributed by atoms with E-state index < -0.39 is 14.0 Å². The van der Waals surface area contributed by atoms with Crippen LogP contribution in [0.5, 0.6) is 0 Å². The van der Waals surface area contributed by atoms with Gasteiger partial charge in [0.2, 0.25) is 0 Å². The van der Waals surface area contributed by atoms with E-state index in [2.05, 4.69) is 10.2 Å². The van der Waals surface area contributed by atoms with Gasteiger partial charge in [-0.2, -0.15) is 5.10 Å². The van der Waals surface area contributed by atoms with E-state index in [-0.39, 0.29) is 0 Å². The molecule has 0 aliphatic rings. The van der Waals surface area contributed by atoms with E-state index in [1.807, 2.05) is 19.9 Å². The van der Waals surface area contributed by atoms with Crippen molar-refractivity contribution >= 4 is 0 Å². The van der Waals surface area contributed by atoms with Crippen molar-refractivity contribution in [2.24, 2.45) is 0 Å². The summed E-state index contributed by atoms with van der Waals surface area (Å²) < 4.78 is 25.6. The Morgan fingerprint density at radius 2 is 1.82 bits per heavy atom. The van der Waals surface area contributed by atoms with Gasteiger partial charge in [-0.25, -0.2) is 0 Å². The fourth-order valence-corrected chi connectivity index (χ4v) is 0.554. The molecular formula is C5H8CrN2O3. The van der Waals surface area contributed by atoms with Gasteiger partial charge < -0.3 is 0 Å². The van der Waals surface area contributed by atoms with Crippen LogP contribution in [0.4, 0.5) is 0 Å². The molecule has 62 valence electrons. The third-order valence-electron chi connectivity index (χ3n) is 0.834. The molecule has 0 aliphatic heterocycles. The summed E-state index contributed by atoms with van der Waals surface area (Å²) in [6.45, 7) is 3.95. The van der Waals surface area contributed by atoms with Crippen LogP contribution < -0.4 is 0 Å². The van der Waals surface area contributed by atoms with E-state index >= 15 is 0 Å². The molecule has 0 saturated heterocycles. The van der Waals surface area contributed by atoms with Crippen LogP contribution >= 0.6 is 0 Å². The van der Waals surface area contributed by atoms with Gasteiger partial charge in [0.25, 0.3) is 0 Å². The van der Waals surface area contributed by atoms with E-state index in [1.165, 1.54) is 0 Å². The molecule has 1 aromatic heterocycles. The van der Waals surface area contributed by atoms with Crippen molar-refractivity contribution in [3.8, 4) is 0 Å². The Morgan fingerprint density at radius 3 is 1.91 bits per heavy atom. The van der Waals surface area contributed by atoms with Gasteiger partial charge in [0.1, 0.15) is 0 Å². The van der Waals surface area contributed by atoms with E-state index in [9.17, 15) is 0 Å². The quantitative estimate of drug-likeness (QED) is 0.661. The number of H-pyrrole nitrogens is 1. The van der Waals surface area contributed by atoms with E-state index in [1.54, 1.807) is 0 Å². The first-order valence-corrected chi connectivity index (χ1v) is 4.34. The summed E-state index contributed by atoms with van der Waals surface area (Å²) in [7, 11) is 0. The van der Waals surface area contributed by atoms with Gasteiger partial charge in [-0.05, 0) is 19.9 Å². The van der Waals surface area contributed by atoms with Crippen LogP contribution in [0.25, 0.3) is 0 Å². The summed E-state index contributed by atoms with van der Waals surface area (Å²) in [5, 5.41) is 6.71. The summed E-state index contributed by atoms with van der Waals surface area (Å²) in [6.07, 6.45) is 0. The van der Waals surface area contributed by atoms with Crippen molar-refractivity contribution in [2.75, 3.05) is 0 Å². The second-order valence-corrected chi connectivity index (χ2v) is 2.53. The number of aromatic nitrogens is 2. The van der Waals surface area contributed by atoms with Crippen LogP contribution in [0.2, 0.25) is 0 Å². The Morgan fingerprint density at radius 1 is 1.36 bits per heavy atom. The molecule has 0 spiro atoms. The van der Waals surface area contributed by atoms with Crippen molar-refractivity contribution in [2.45, 2.75) is 13.8 Å². The molecule has 6 heteroatoms. The van der Waals surface area contributed by atoms with Gasteiger partial charge in [-0.3, -0.25) is 5.10 Å². The topological polar surface area (TPSA) is 79.9 Å². The molecule has 0 aliphatic carbocycles. The molecule has 0 unspecified atom stereocenters. The molecule has 5 nitrogen and oxygen atoms in total. The molecule has 0 bridgehead atoms. The maximum atomic E-state index is 8.54. The van der Waals surface area contributed by atoms with Crippen LogP contribution in [0.15, 0.2) is 6.07 Å². The molecule has 0 radical (unpaired) electrons. The number of nitrogens with one attached hydrogen (secondary N) is 1. The van der Waals surface area contributed by atoms with Crippen molar-refractivity contribution in [3.05, 3.63) is 17.5 Å². The average Bonchev–Trinajstić information content (AvgIpc) is 2.13. The number of aryl methyl sites for hydroxylation is 2. The number of rotatable bonds is 0. The van der Waals surface area contributed by atoms with E-state index in [4.69, 9.17) is 11.4 Å². The molecule has 0 aromatic carbocycles. The molecule has 1 N–H and O–H groups in total. The third kappa shape index (κ3) is 7.03. The number of aromatic amines is 1. The van der Waals surface area contributed by atoms with Gasteiger partial charge in [-0.15, -0.1) is 0 Å². The Bertz CT molecular complexity index is 289. The fourth-order valence-electron chi connectivity index (χ4n) is 0.554. The number of hydrogen-bond donors (Lipinski definition) is 1. The number of nitrogens with zero attached hydrogens (tertiary/aromatic N) is 1.